The molecule has 83 heavy (non-hydrogen) atoms. The van der Waals surface area contributed by atoms with E-state index >= 15 is 0 Å². The van der Waals surface area contributed by atoms with Crippen LogP contribution in [-0.2, 0) is 28.6 Å². The second-order valence-corrected chi connectivity index (χ2v) is 25.2. The molecule has 0 bridgehead atoms. The van der Waals surface area contributed by atoms with Crippen molar-refractivity contribution in [1.82, 2.24) is 0 Å². The highest BCUT2D eigenvalue weighted by Crippen LogP contribution is 2.19. The van der Waals surface area contributed by atoms with Crippen LogP contribution in [0.15, 0.2) is 48.6 Å². The molecule has 0 spiro atoms. The Kier molecular flexibility index (Phi) is 69.6. The number of hydrogen-bond donors (Lipinski definition) is 0. The molecular weight excluding hydrogens is 1020 g/mol. The van der Waals surface area contributed by atoms with Gasteiger partial charge in [0.1, 0.15) is 13.2 Å². The van der Waals surface area contributed by atoms with Gasteiger partial charge in [-0.15, -0.1) is 0 Å². The maximum atomic E-state index is 12.9. The number of carbonyl (C=O) groups excluding carboxylic acids is 3. The highest BCUT2D eigenvalue weighted by Gasteiger charge is 2.19. The Morgan fingerprint density at radius 3 is 0.687 bits per heavy atom. The SMILES string of the molecule is CCCCCCC/C=C\C/C=C\C/C=C\CCCCCCCCCCC(=O)OC(COC(=O)CCCCCCCCC)COC(=O)CCCCCCCCCCCCCCCCCCCCCCCCC/C=C\CCCCCCCCCC. The fraction of sp³-hybridized carbons (Fsp3) is 0.857. The minimum Gasteiger partial charge on any atom is -0.462 e. The summed E-state index contributed by atoms with van der Waals surface area (Å²) in [5, 5.41) is 0. The molecule has 0 aromatic heterocycles. The number of carbonyl (C=O) groups is 3. The monoisotopic (exact) mass is 1160 g/mol. The van der Waals surface area contributed by atoms with E-state index in [1.807, 2.05) is 0 Å². The van der Waals surface area contributed by atoms with Gasteiger partial charge in [-0.25, -0.2) is 0 Å². The lowest BCUT2D eigenvalue weighted by Gasteiger charge is -2.18. The number of esters is 3. The quantitative estimate of drug-likeness (QED) is 0.0261. The van der Waals surface area contributed by atoms with Crippen LogP contribution in [0, 0.1) is 0 Å². The van der Waals surface area contributed by atoms with E-state index in [9.17, 15) is 14.4 Å². The van der Waals surface area contributed by atoms with Gasteiger partial charge in [0.25, 0.3) is 0 Å². The van der Waals surface area contributed by atoms with Gasteiger partial charge in [0.05, 0.1) is 0 Å². The van der Waals surface area contributed by atoms with Crippen molar-refractivity contribution in [3.63, 3.8) is 0 Å². The molecule has 0 aliphatic heterocycles. The molecule has 6 heteroatoms. The lowest BCUT2D eigenvalue weighted by Crippen LogP contribution is -2.30. The Hall–Kier alpha value is -2.63. The van der Waals surface area contributed by atoms with E-state index in [4.69, 9.17) is 14.2 Å². The molecule has 1 unspecified atom stereocenters. The van der Waals surface area contributed by atoms with Crippen molar-refractivity contribution in [3.8, 4) is 0 Å². The number of allylic oxidation sites excluding steroid dienone is 8. The third kappa shape index (κ3) is 70.0. The van der Waals surface area contributed by atoms with Crippen LogP contribution in [0.5, 0.6) is 0 Å². The first kappa shape index (κ1) is 80.4. The number of ether oxygens (including phenoxy) is 3. The normalized spacial score (nSPS) is 12.3. The average Bonchev–Trinajstić information content (AvgIpc) is 3.50. The van der Waals surface area contributed by atoms with Crippen LogP contribution in [-0.4, -0.2) is 37.2 Å². The van der Waals surface area contributed by atoms with Crippen LogP contribution < -0.4 is 0 Å². The van der Waals surface area contributed by atoms with Gasteiger partial charge in [-0.1, -0.05) is 352 Å². The zero-order chi connectivity index (χ0) is 59.9. The molecule has 486 valence electrons. The van der Waals surface area contributed by atoms with Gasteiger partial charge in [0.2, 0.25) is 0 Å². The third-order valence-corrected chi connectivity index (χ3v) is 16.8. The van der Waals surface area contributed by atoms with E-state index in [1.54, 1.807) is 0 Å². The van der Waals surface area contributed by atoms with Gasteiger partial charge >= 0.3 is 17.9 Å². The molecule has 0 N–H and O–H groups in total. The smallest absolute Gasteiger partial charge is 0.306 e. The zero-order valence-corrected chi connectivity index (χ0v) is 56.0. The van der Waals surface area contributed by atoms with Crippen molar-refractivity contribution < 1.29 is 28.6 Å². The van der Waals surface area contributed by atoms with E-state index < -0.39 is 6.10 Å². The molecule has 0 saturated carbocycles. The minimum atomic E-state index is -0.774. The Bertz CT molecular complexity index is 1430. The molecular formula is C77H142O6. The molecule has 0 amide bonds. The standard InChI is InChI=1S/C77H142O6/c1-4-7-10-13-16-18-20-22-24-26-28-30-32-33-34-35-36-37-38-39-40-41-42-43-45-46-48-50-52-54-56-58-61-64-67-70-76(79)82-73-74(72-81-75(78)69-66-63-60-15-12-9-6-3)83-77(80)71-68-65-62-59-57-55-53-51-49-47-44-31-29-27-25-23-21-19-17-14-11-8-5-2/h21,23,26-29,44,47,74H,4-20,22,24-25,30-43,45-46,48-73H2,1-3H3/b23-21-,28-26-,29-27-,47-44-. The molecule has 0 radical (unpaired) electrons. The summed E-state index contributed by atoms with van der Waals surface area (Å²) < 4.78 is 16.9. The number of unbranched alkanes of at least 4 members (excludes halogenated alkanes) is 50. The largest absolute Gasteiger partial charge is 0.462 e. The fourth-order valence-corrected chi connectivity index (χ4v) is 11.2. The molecule has 0 aromatic rings. The van der Waals surface area contributed by atoms with E-state index in [-0.39, 0.29) is 31.1 Å². The summed E-state index contributed by atoms with van der Waals surface area (Å²) in [5.74, 6) is -0.862. The van der Waals surface area contributed by atoms with E-state index in [1.165, 1.54) is 289 Å². The molecule has 0 aliphatic rings. The van der Waals surface area contributed by atoms with Crippen LogP contribution in [0.2, 0.25) is 0 Å². The van der Waals surface area contributed by atoms with Gasteiger partial charge in [0.15, 0.2) is 6.10 Å². The Balaban J connectivity index is 3.97. The van der Waals surface area contributed by atoms with Crippen LogP contribution >= 0.6 is 0 Å². The van der Waals surface area contributed by atoms with E-state index in [0.29, 0.717) is 19.3 Å². The predicted octanol–water partition coefficient (Wildman–Crippen LogP) is 25.7. The summed E-state index contributed by atoms with van der Waals surface area (Å²) in [5.41, 5.74) is 0. The van der Waals surface area contributed by atoms with Gasteiger partial charge < -0.3 is 14.2 Å². The highest BCUT2D eigenvalue weighted by molar-refractivity contribution is 5.71. The molecule has 0 fully saturated rings. The molecule has 0 aliphatic carbocycles. The Morgan fingerprint density at radius 1 is 0.241 bits per heavy atom. The summed E-state index contributed by atoms with van der Waals surface area (Å²) in [6.45, 7) is 6.64. The van der Waals surface area contributed by atoms with E-state index in [0.717, 1.165) is 77.0 Å². The van der Waals surface area contributed by atoms with Gasteiger partial charge in [-0.3, -0.25) is 14.4 Å². The first-order chi connectivity index (χ1) is 41.0. The molecule has 0 saturated heterocycles. The molecule has 1 atom stereocenters. The number of rotatable bonds is 69. The van der Waals surface area contributed by atoms with Gasteiger partial charge in [-0.2, -0.15) is 0 Å². The second kappa shape index (κ2) is 71.8. The van der Waals surface area contributed by atoms with Gasteiger partial charge in [0, 0.05) is 19.3 Å². The topological polar surface area (TPSA) is 78.9 Å². The average molecular weight is 1160 g/mol. The third-order valence-electron chi connectivity index (χ3n) is 16.8. The van der Waals surface area contributed by atoms with E-state index in [2.05, 4.69) is 69.4 Å². The molecule has 0 heterocycles. The summed E-state index contributed by atoms with van der Waals surface area (Å²) in [6.07, 6.45) is 92.0. The summed E-state index contributed by atoms with van der Waals surface area (Å²) in [4.78, 5) is 38.2. The summed E-state index contributed by atoms with van der Waals surface area (Å²) in [6, 6.07) is 0. The van der Waals surface area contributed by atoms with Crippen LogP contribution in [0.4, 0.5) is 0 Å². The van der Waals surface area contributed by atoms with Crippen molar-refractivity contribution in [2.45, 2.75) is 412 Å². The van der Waals surface area contributed by atoms with Crippen molar-refractivity contribution >= 4 is 17.9 Å². The fourth-order valence-electron chi connectivity index (χ4n) is 11.2. The minimum absolute atomic E-state index is 0.0716. The van der Waals surface area contributed by atoms with Crippen LogP contribution in [0.25, 0.3) is 0 Å². The molecule has 0 rings (SSSR count). The Labute approximate surface area is 518 Å². The van der Waals surface area contributed by atoms with Crippen molar-refractivity contribution in [3.05, 3.63) is 48.6 Å². The summed E-state index contributed by atoms with van der Waals surface area (Å²) >= 11 is 0. The molecule has 0 aromatic carbocycles. The second-order valence-electron chi connectivity index (χ2n) is 25.2. The number of hydrogen-bond acceptors (Lipinski definition) is 6. The van der Waals surface area contributed by atoms with Crippen molar-refractivity contribution in [1.29, 1.82) is 0 Å². The van der Waals surface area contributed by atoms with Crippen LogP contribution in [0.1, 0.15) is 406 Å². The van der Waals surface area contributed by atoms with Crippen molar-refractivity contribution in [2.24, 2.45) is 0 Å². The molecule has 6 nitrogen and oxygen atoms in total. The van der Waals surface area contributed by atoms with Gasteiger partial charge in [-0.05, 0) is 83.5 Å². The maximum Gasteiger partial charge on any atom is 0.306 e. The zero-order valence-electron chi connectivity index (χ0n) is 56.0. The lowest BCUT2D eigenvalue weighted by atomic mass is 10.0. The predicted molar refractivity (Wildman–Crippen MR) is 362 cm³/mol. The lowest BCUT2D eigenvalue weighted by molar-refractivity contribution is -0.167. The summed E-state index contributed by atoms with van der Waals surface area (Å²) in [7, 11) is 0. The van der Waals surface area contributed by atoms with Crippen LogP contribution in [0.3, 0.4) is 0 Å². The first-order valence-electron chi connectivity index (χ1n) is 37.1. The maximum absolute atomic E-state index is 12.9. The first-order valence-corrected chi connectivity index (χ1v) is 37.1. The van der Waals surface area contributed by atoms with Crippen molar-refractivity contribution in [2.75, 3.05) is 13.2 Å². The Morgan fingerprint density at radius 2 is 0.434 bits per heavy atom. The highest BCUT2D eigenvalue weighted by atomic mass is 16.6.